The summed E-state index contributed by atoms with van der Waals surface area (Å²) in [6.45, 7) is 9.52. The molecule has 2 aliphatic carbocycles. The van der Waals surface area contributed by atoms with Crippen LogP contribution in [-0.4, -0.2) is 143 Å². The van der Waals surface area contributed by atoms with Gasteiger partial charge in [0.25, 0.3) is 11.8 Å². The number of amides is 8. The van der Waals surface area contributed by atoms with Gasteiger partial charge in [-0.25, -0.2) is 0 Å². The van der Waals surface area contributed by atoms with E-state index in [9.17, 15) is 38.4 Å². The summed E-state index contributed by atoms with van der Waals surface area (Å²) in [6, 6.07) is 15.8. The summed E-state index contributed by atoms with van der Waals surface area (Å²) in [7, 11) is 3.38. The fourth-order valence-corrected chi connectivity index (χ4v) is 10.9. The summed E-state index contributed by atoms with van der Waals surface area (Å²) in [4.78, 5) is 110. The molecule has 20 nitrogen and oxygen atoms in total. The topological polar surface area (TPSA) is 268 Å². The molecule has 2 aliphatic heterocycles. The van der Waals surface area contributed by atoms with E-state index in [0.29, 0.717) is 6.42 Å². The number of aromatic amines is 1. The van der Waals surface area contributed by atoms with E-state index in [2.05, 4.69) is 52.7 Å². The van der Waals surface area contributed by atoms with E-state index in [1.165, 1.54) is 11.0 Å². The van der Waals surface area contributed by atoms with E-state index in [4.69, 9.17) is 0 Å². The molecule has 20 heteroatoms. The van der Waals surface area contributed by atoms with Crippen molar-refractivity contribution >= 4 is 47.8 Å². The molecule has 3 aromatic rings. The molecular formula is C56H82N12O8. The van der Waals surface area contributed by atoms with Crippen molar-refractivity contribution in [3.8, 4) is 0 Å². The Morgan fingerprint density at radius 2 is 1.09 bits per heavy atom. The van der Waals surface area contributed by atoms with Crippen molar-refractivity contribution in [3.05, 3.63) is 89.2 Å². The lowest BCUT2D eigenvalue weighted by atomic mass is 9.83. The third-order valence-corrected chi connectivity index (χ3v) is 15.8. The summed E-state index contributed by atoms with van der Waals surface area (Å²) >= 11 is 0. The van der Waals surface area contributed by atoms with Crippen LogP contribution in [-0.2, 0) is 28.8 Å². The Bertz CT molecular complexity index is 2410. The molecule has 76 heavy (non-hydrogen) atoms. The maximum atomic E-state index is 14.6. The van der Waals surface area contributed by atoms with E-state index in [0.717, 1.165) is 81.7 Å². The maximum absolute atomic E-state index is 14.6. The third-order valence-electron chi connectivity index (χ3n) is 15.8. The second kappa shape index (κ2) is 28.5. The predicted molar refractivity (Wildman–Crippen MR) is 288 cm³/mol. The standard InChI is InChI=1S/C47H71N11O7.C9H11NO/c1-27-22-34(25-57(27)46(64)39(32-18-12-8-13-19-32)53-41(59)29(3)48-5)51-43(61)36-24-37(56-55-36)44(62)52-35-23-38(45(63)50-28(2)31-16-10-7-11-17-31)58(26-35)47(65)40(33-20-14-9-15-21-33)54-42(60)30(4)49-6;1-8(10-7-11)9-5-3-2-4-6-9/h7,10-11,16-17,24,27-30,32-35,38-40,48-49H,8-9,12-15,18-23,25-26H2,1-6H3,(H,50,63)(H,51,61)(H,52,62)(H,53,59)(H,54,60)(H,55,56);2-8H,1H3,(H,10,11)/t27-,28-,29+,30?,34+,35?,38?,39?,40+;/m1./s1. The van der Waals surface area contributed by atoms with Gasteiger partial charge in [-0.05, 0) is 110 Å². The zero-order valence-electron chi connectivity index (χ0n) is 45.4. The summed E-state index contributed by atoms with van der Waals surface area (Å²) in [5.41, 5.74) is 2.02. The minimum absolute atomic E-state index is 0.0155. The fourth-order valence-electron chi connectivity index (χ4n) is 10.9. The van der Waals surface area contributed by atoms with Gasteiger partial charge in [0.15, 0.2) is 5.69 Å². The van der Waals surface area contributed by atoms with Crippen molar-refractivity contribution in [2.24, 2.45) is 11.8 Å². The van der Waals surface area contributed by atoms with Gasteiger partial charge < -0.3 is 52.3 Å². The number of H-pyrrole nitrogens is 1. The highest BCUT2D eigenvalue weighted by atomic mass is 16.2. The Kier molecular flexibility index (Phi) is 21.9. The molecule has 0 spiro atoms. The van der Waals surface area contributed by atoms with Crippen LogP contribution >= 0.6 is 0 Å². The first kappa shape index (κ1) is 58.6. The first-order valence-electron chi connectivity index (χ1n) is 27.4. The van der Waals surface area contributed by atoms with E-state index in [1.54, 1.807) is 32.8 Å². The number of likely N-dealkylation sites (tertiary alicyclic amines) is 2. The van der Waals surface area contributed by atoms with E-state index in [1.807, 2.05) is 81.4 Å². The van der Waals surface area contributed by atoms with Crippen LogP contribution in [0.4, 0.5) is 0 Å². The summed E-state index contributed by atoms with van der Waals surface area (Å²) in [5, 5.41) is 30.4. The van der Waals surface area contributed by atoms with E-state index < -0.39 is 48.1 Å². The van der Waals surface area contributed by atoms with Gasteiger partial charge in [0.05, 0.1) is 24.2 Å². The van der Waals surface area contributed by atoms with Gasteiger partial charge in [-0.15, -0.1) is 0 Å². The SMILES string of the molecule is CC(NC=O)c1ccccc1.CNC(C)C(=O)N[C@H](C(=O)N1CC(NC(=O)c2cc(C(=O)N[C@H]3C[C@@H](C)N(C(=O)C(NC(=O)[C@H](C)NC)C4CCCCC4)C3)n[nH]2)CC1C(=O)N[C@H](C)c1ccccc1)C1CCCCC1. The highest BCUT2D eigenvalue weighted by Gasteiger charge is 2.46. The van der Waals surface area contributed by atoms with E-state index >= 15 is 0 Å². The minimum Gasteiger partial charge on any atom is -0.352 e. The fraction of sp³-hybridized carbons (Fsp3) is 0.589. The molecule has 5 unspecified atom stereocenters. The van der Waals surface area contributed by atoms with Crippen LogP contribution in [0.5, 0.6) is 0 Å². The number of carbonyl (C=O) groups excluding carboxylic acids is 8. The van der Waals surface area contributed by atoms with Gasteiger partial charge in [-0.2, -0.15) is 5.10 Å². The zero-order chi connectivity index (χ0) is 54.9. The largest absolute Gasteiger partial charge is 0.352 e. The van der Waals surface area contributed by atoms with Crippen LogP contribution in [0.3, 0.4) is 0 Å². The molecule has 2 saturated carbocycles. The second-order valence-corrected chi connectivity index (χ2v) is 21.2. The average Bonchev–Trinajstić information content (AvgIpc) is 4.21. The number of rotatable bonds is 20. The number of likely N-dealkylation sites (N-methyl/N-ethyl adjacent to an activating group) is 2. The normalized spacial score (nSPS) is 22.2. The van der Waals surface area contributed by atoms with Crippen LogP contribution in [0, 0.1) is 11.8 Å². The van der Waals surface area contributed by atoms with Crippen molar-refractivity contribution in [2.75, 3.05) is 27.2 Å². The summed E-state index contributed by atoms with van der Waals surface area (Å²) in [5.74, 6) is -2.57. The number of nitrogens with zero attached hydrogens (tertiary/aromatic N) is 3. The van der Waals surface area contributed by atoms with Gasteiger partial charge in [-0.3, -0.25) is 43.5 Å². The smallest absolute Gasteiger partial charge is 0.272 e. The molecule has 0 radical (unpaired) electrons. The van der Waals surface area contributed by atoms with Crippen molar-refractivity contribution < 1.29 is 38.4 Å². The Morgan fingerprint density at radius 3 is 1.61 bits per heavy atom. The molecule has 2 saturated heterocycles. The van der Waals surface area contributed by atoms with Gasteiger partial charge in [0.2, 0.25) is 35.9 Å². The van der Waals surface area contributed by atoms with Crippen LogP contribution in [0.2, 0.25) is 0 Å². The van der Waals surface area contributed by atoms with Gasteiger partial charge in [0.1, 0.15) is 23.8 Å². The molecule has 0 bridgehead atoms. The number of benzene rings is 2. The lowest BCUT2D eigenvalue weighted by molar-refractivity contribution is -0.143. The highest BCUT2D eigenvalue weighted by Crippen LogP contribution is 2.32. The molecule has 7 rings (SSSR count). The Labute approximate surface area is 447 Å². The number of hydrogen-bond donors (Lipinski definition) is 9. The lowest BCUT2D eigenvalue weighted by Gasteiger charge is -2.35. The molecule has 414 valence electrons. The molecule has 3 heterocycles. The Hall–Kier alpha value is -6.67. The number of carbonyl (C=O) groups is 8. The molecule has 1 aromatic heterocycles. The number of aromatic nitrogens is 2. The van der Waals surface area contributed by atoms with Crippen LogP contribution in [0.1, 0.15) is 156 Å². The zero-order valence-corrected chi connectivity index (χ0v) is 45.4. The number of hydrogen-bond acceptors (Lipinski definition) is 11. The van der Waals surface area contributed by atoms with Crippen molar-refractivity contribution in [1.82, 2.24) is 62.5 Å². The second-order valence-electron chi connectivity index (χ2n) is 21.2. The third kappa shape index (κ3) is 15.7. The van der Waals surface area contributed by atoms with Gasteiger partial charge >= 0.3 is 0 Å². The monoisotopic (exact) mass is 1050 g/mol. The molecule has 9 N–H and O–H groups in total. The number of nitrogens with one attached hydrogen (secondary N) is 9. The maximum Gasteiger partial charge on any atom is 0.272 e. The Morgan fingerprint density at radius 1 is 0.618 bits per heavy atom. The summed E-state index contributed by atoms with van der Waals surface area (Å²) in [6.07, 6.45) is 10.6. The van der Waals surface area contributed by atoms with Crippen LogP contribution in [0.15, 0.2) is 66.7 Å². The molecular weight excluding hydrogens is 969 g/mol. The van der Waals surface area contributed by atoms with Crippen molar-refractivity contribution in [3.63, 3.8) is 0 Å². The quantitative estimate of drug-likeness (QED) is 0.0739. The molecule has 4 fully saturated rings. The lowest BCUT2D eigenvalue weighted by Crippen LogP contribution is -2.58. The highest BCUT2D eigenvalue weighted by molar-refractivity contribution is 5.98. The van der Waals surface area contributed by atoms with Gasteiger partial charge in [0, 0.05) is 37.3 Å². The molecule has 2 aromatic carbocycles. The minimum atomic E-state index is -0.932. The van der Waals surface area contributed by atoms with Gasteiger partial charge in [-0.1, -0.05) is 99.2 Å². The van der Waals surface area contributed by atoms with E-state index in [-0.39, 0.29) is 96.4 Å². The van der Waals surface area contributed by atoms with Crippen molar-refractivity contribution in [1.29, 1.82) is 0 Å². The molecule has 10 atom stereocenters. The van der Waals surface area contributed by atoms with Crippen LogP contribution in [0.25, 0.3) is 0 Å². The molecule has 4 aliphatic rings. The van der Waals surface area contributed by atoms with Crippen LogP contribution < -0.4 is 42.5 Å². The average molecular weight is 1050 g/mol. The first-order valence-corrected chi connectivity index (χ1v) is 27.4. The predicted octanol–water partition coefficient (Wildman–Crippen LogP) is 3.55. The molecule has 8 amide bonds. The Balaban J connectivity index is 0.000000756. The first-order chi connectivity index (χ1) is 36.5. The summed E-state index contributed by atoms with van der Waals surface area (Å²) < 4.78 is 0. The van der Waals surface area contributed by atoms with Crippen molar-refractivity contribution in [2.45, 2.75) is 172 Å².